The van der Waals surface area contributed by atoms with Gasteiger partial charge in [-0.15, -0.1) is 11.3 Å². The molecule has 0 radical (unpaired) electrons. The SMILES string of the molecule is CC.CC(=O)NCCc1nc2ccccc2s1. The molecule has 1 aromatic carbocycles. The van der Waals surface area contributed by atoms with Crippen molar-refractivity contribution in [3.05, 3.63) is 29.3 Å². The number of aromatic nitrogens is 1. The Morgan fingerprint density at radius 2 is 2.06 bits per heavy atom. The molecule has 0 fully saturated rings. The maximum Gasteiger partial charge on any atom is 0.216 e. The normalized spacial score (nSPS) is 9.59. The van der Waals surface area contributed by atoms with Gasteiger partial charge in [-0.2, -0.15) is 0 Å². The molecule has 2 rings (SSSR count). The predicted molar refractivity (Wildman–Crippen MR) is 73.4 cm³/mol. The molecule has 0 bridgehead atoms. The van der Waals surface area contributed by atoms with Crippen molar-refractivity contribution in [2.24, 2.45) is 0 Å². The predicted octanol–water partition coefficient (Wildman–Crippen LogP) is 3.00. The molecular formula is C13H18N2OS. The number of thiazole rings is 1. The maximum atomic E-state index is 10.7. The van der Waals surface area contributed by atoms with Gasteiger partial charge < -0.3 is 5.32 Å². The number of nitrogens with zero attached hydrogens (tertiary/aromatic N) is 1. The summed E-state index contributed by atoms with van der Waals surface area (Å²) in [7, 11) is 0. The maximum absolute atomic E-state index is 10.7. The lowest BCUT2D eigenvalue weighted by atomic mass is 10.3. The lowest BCUT2D eigenvalue weighted by Crippen LogP contribution is -2.22. The van der Waals surface area contributed by atoms with Gasteiger partial charge in [0.2, 0.25) is 5.91 Å². The van der Waals surface area contributed by atoms with Gasteiger partial charge in [0, 0.05) is 19.9 Å². The zero-order chi connectivity index (χ0) is 12.7. The molecule has 0 saturated carbocycles. The quantitative estimate of drug-likeness (QED) is 0.910. The van der Waals surface area contributed by atoms with Crippen LogP contribution in [-0.2, 0) is 11.2 Å². The van der Waals surface area contributed by atoms with Gasteiger partial charge in [0.15, 0.2) is 0 Å². The number of hydrogen-bond donors (Lipinski definition) is 1. The lowest BCUT2D eigenvalue weighted by Gasteiger charge is -1.97. The Kier molecular flexibility index (Phi) is 5.63. The van der Waals surface area contributed by atoms with Crippen molar-refractivity contribution in [2.45, 2.75) is 27.2 Å². The Labute approximate surface area is 106 Å². The molecule has 4 heteroatoms. The van der Waals surface area contributed by atoms with E-state index in [1.165, 1.54) is 11.6 Å². The van der Waals surface area contributed by atoms with Crippen molar-refractivity contribution >= 4 is 27.5 Å². The summed E-state index contributed by atoms with van der Waals surface area (Å²) in [6, 6.07) is 8.07. The molecule has 1 aromatic heterocycles. The molecule has 17 heavy (non-hydrogen) atoms. The van der Waals surface area contributed by atoms with E-state index in [0.29, 0.717) is 6.54 Å². The van der Waals surface area contributed by atoms with Crippen LogP contribution in [0.4, 0.5) is 0 Å². The van der Waals surface area contributed by atoms with Crippen LogP contribution in [0.25, 0.3) is 10.2 Å². The van der Waals surface area contributed by atoms with Crippen molar-refractivity contribution in [2.75, 3.05) is 6.54 Å². The summed E-state index contributed by atoms with van der Waals surface area (Å²) in [5.74, 6) is 0.0103. The minimum Gasteiger partial charge on any atom is -0.356 e. The molecule has 0 spiro atoms. The molecule has 0 unspecified atom stereocenters. The van der Waals surface area contributed by atoms with E-state index in [-0.39, 0.29) is 5.91 Å². The fourth-order valence-corrected chi connectivity index (χ4v) is 2.34. The van der Waals surface area contributed by atoms with Gasteiger partial charge >= 0.3 is 0 Å². The smallest absolute Gasteiger partial charge is 0.216 e. The third-order valence-corrected chi connectivity index (χ3v) is 3.15. The fourth-order valence-electron chi connectivity index (χ4n) is 1.37. The van der Waals surface area contributed by atoms with E-state index >= 15 is 0 Å². The van der Waals surface area contributed by atoms with Gasteiger partial charge in [0.25, 0.3) is 0 Å². The molecule has 0 aliphatic carbocycles. The second-order valence-electron chi connectivity index (χ2n) is 3.31. The summed E-state index contributed by atoms with van der Waals surface area (Å²) < 4.78 is 1.20. The number of hydrogen-bond acceptors (Lipinski definition) is 3. The van der Waals surface area contributed by atoms with E-state index in [9.17, 15) is 4.79 Å². The van der Waals surface area contributed by atoms with Crippen LogP contribution in [-0.4, -0.2) is 17.4 Å². The average molecular weight is 250 g/mol. The highest BCUT2D eigenvalue weighted by molar-refractivity contribution is 7.18. The molecule has 2 aromatic rings. The summed E-state index contributed by atoms with van der Waals surface area (Å²) in [6.45, 7) is 6.19. The second-order valence-corrected chi connectivity index (χ2v) is 4.42. The standard InChI is InChI=1S/C11H12N2OS.C2H6/c1-8(14)12-7-6-11-13-9-4-2-3-5-10(9)15-11;1-2/h2-5H,6-7H2,1H3,(H,12,14);1-2H3. The number of nitrogens with one attached hydrogen (secondary N) is 1. The summed E-state index contributed by atoms with van der Waals surface area (Å²) in [5.41, 5.74) is 1.04. The van der Waals surface area contributed by atoms with Gasteiger partial charge in [0.1, 0.15) is 0 Å². The Hall–Kier alpha value is -1.42. The van der Waals surface area contributed by atoms with Crippen molar-refractivity contribution in [1.29, 1.82) is 0 Å². The first-order valence-electron chi connectivity index (χ1n) is 5.84. The molecule has 0 atom stereocenters. The number of benzene rings is 1. The van der Waals surface area contributed by atoms with Gasteiger partial charge in [-0.3, -0.25) is 4.79 Å². The minimum absolute atomic E-state index is 0.0103. The zero-order valence-electron chi connectivity index (χ0n) is 10.5. The lowest BCUT2D eigenvalue weighted by molar-refractivity contribution is -0.118. The topological polar surface area (TPSA) is 42.0 Å². The van der Waals surface area contributed by atoms with Crippen molar-refractivity contribution < 1.29 is 4.79 Å². The highest BCUT2D eigenvalue weighted by Crippen LogP contribution is 2.21. The van der Waals surface area contributed by atoms with Crippen LogP contribution in [0.2, 0.25) is 0 Å². The largest absolute Gasteiger partial charge is 0.356 e. The first-order valence-corrected chi connectivity index (χ1v) is 6.66. The highest BCUT2D eigenvalue weighted by Gasteiger charge is 2.02. The van der Waals surface area contributed by atoms with Gasteiger partial charge in [-0.05, 0) is 12.1 Å². The number of para-hydroxylation sites is 1. The first kappa shape index (κ1) is 13.6. The number of rotatable bonds is 3. The van der Waals surface area contributed by atoms with Gasteiger partial charge in [-0.1, -0.05) is 26.0 Å². The van der Waals surface area contributed by atoms with Crippen LogP contribution in [0.15, 0.2) is 24.3 Å². The third-order valence-electron chi connectivity index (χ3n) is 2.05. The molecule has 92 valence electrons. The minimum atomic E-state index is 0.0103. The van der Waals surface area contributed by atoms with E-state index in [0.717, 1.165) is 16.9 Å². The molecule has 3 nitrogen and oxygen atoms in total. The molecule has 0 saturated heterocycles. The van der Waals surface area contributed by atoms with Crippen LogP contribution in [0.1, 0.15) is 25.8 Å². The summed E-state index contributed by atoms with van der Waals surface area (Å²) in [4.78, 5) is 15.2. The number of carbonyl (C=O) groups excluding carboxylic acids is 1. The van der Waals surface area contributed by atoms with Crippen LogP contribution in [0.5, 0.6) is 0 Å². The Balaban J connectivity index is 0.000000686. The van der Waals surface area contributed by atoms with E-state index in [1.54, 1.807) is 11.3 Å². The molecule has 1 amide bonds. The first-order chi connectivity index (χ1) is 8.25. The third kappa shape index (κ3) is 4.15. The second kappa shape index (κ2) is 7.01. The van der Waals surface area contributed by atoms with E-state index in [1.807, 2.05) is 32.0 Å². The van der Waals surface area contributed by atoms with Crippen molar-refractivity contribution in [3.63, 3.8) is 0 Å². The Morgan fingerprint density at radius 3 is 2.71 bits per heavy atom. The number of amides is 1. The number of carbonyl (C=O) groups is 1. The van der Waals surface area contributed by atoms with Gasteiger partial charge in [0.05, 0.1) is 15.2 Å². The highest BCUT2D eigenvalue weighted by atomic mass is 32.1. The van der Waals surface area contributed by atoms with Gasteiger partial charge in [-0.25, -0.2) is 4.98 Å². The molecular weight excluding hydrogens is 232 g/mol. The fraction of sp³-hybridized carbons (Fsp3) is 0.385. The Morgan fingerprint density at radius 1 is 1.35 bits per heavy atom. The monoisotopic (exact) mass is 250 g/mol. The molecule has 0 aliphatic heterocycles. The number of fused-ring (bicyclic) bond motifs is 1. The van der Waals surface area contributed by atoms with Crippen LogP contribution < -0.4 is 5.32 Å². The molecule has 1 N–H and O–H groups in total. The Bertz CT molecular complexity index is 446. The van der Waals surface area contributed by atoms with E-state index in [4.69, 9.17) is 0 Å². The summed E-state index contributed by atoms with van der Waals surface area (Å²) in [5, 5.41) is 3.84. The zero-order valence-corrected chi connectivity index (χ0v) is 11.3. The van der Waals surface area contributed by atoms with Crippen LogP contribution >= 0.6 is 11.3 Å². The van der Waals surface area contributed by atoms with E-state index < -0.39 is 0 Å². The average Bonchev–Trinajstić information content (AvgIpc) is 2.73. The molecule has 0 aliphatic rings. The van der Waals surface area contributed by atoms with Crippen molar-refractivity contribution in [1.82, 2.24) is 10.3 Å². The van der Waals surface area contributed by atoms with E-state index in [2.05, 4.69) is 16.4 Å². The van der Waals surface area contributed by atoms with Crippen LogP contribution in [0, 0.1) is 0 Å². The van der Waals surface area contributed by atoms with Crippen LogP contribution in [0.3, 0.4) is 0 Å². The summed E-state index contributed by atoms with van der Waals surface area (Å²) in [6.07, 6.45) is 0.804. The van der Waals surface area contributed by atoms with Crippen molar-refractivity contribution in [3.8, 4) is 0 Å². The summed E-state index contributed by atoms with van der Waals surface area (Å²) >= 11 is 1.69. The molecule has 1 heterocycles.